The Bertz CT molecular complexity index is 1100. The molecule has 2 aromatic carbocycles. The molecule has 0 atom stereocenters. The van der Waals surface area contributed by atoms with Gasteiger partial charge in [0.2, 0.25) is 5.01 Å². The van der Waals surface area contributed by atoms with E-state index in [1.807, 2.05) is 12.1 Å². The fourth-order valence-electron chi connectivity index (χ4n) is 3.33. The minimum absolute atomic E-state index is 0.162. The van der Waals surface area contributed by atoms with Gasteiger partial charge in [-0.25, -0.2) is 4.79 Å². The van der Waals surface area contributed by atoms with Gasteiger partial charge in [-0.1, -0.05) is 52.7 Å². The van der Waals surface area contributed by atoms with E-state index >= 15 is 0 Å². The lowest BCUT2D eigenvalue weighted by Gasteiger charge is -2.31. The van der Waals surface area contributed by atoms with Crippen molar-refractivity contribution in [2.24, 2.45) is 0 Å². The maximum atomic E-state index is 12.5. The van der Waals surface area contributed by atoms with Crippen molar-refractivity contribution in [1.29, 1.82) is 0 Å². The van der Waals surface area contributed by atoms with E-state index in [-0.39, 0.29) is 17.9 Å². The largest absolute Gasteiger partial charge is 0.324 e. The van der Waals surface area contributed by atoms with Crippen LogP contribution in [0.4, 0.5) is 16.2 Å². The number of halogens is 2. The number of aromatic nitrogens is 2. The quantitative estimate of drug-likeness (QED) is 0.520. The van der Waals surface area contributed by atoms with Crippen LogP contribution in [0.1, 0.15) is 33.6 Å². The number of amides is 3. The molecule has 3 amide bonds. The summed E-state index contributed by atoms with van der Waals surface area (Å²) in [4.78, 5) is 26.7. The molecule has 0 unspecified atom stereocenters. The highest BCUT2D eigenvalue weighted by Gasteiger charge is 2.27. The number of anilines is 2. The highest BCUT2D eigenvalue weighted by atomic mass is 35.5. The van der Waals surface area contributed by atoms with Crippen LogP contribution in [-0.4, -0.2) is 40.1 Å². The summed E-state index contributed by atoms with van der Waals surface area (Å²) in [5, 5.41) is 16.0. The van der Waals surface area contributed by atoms with E-state index in [4.69, 9.17) is 23.2 Å². The van der Waals surface area contributed by atoms with Gasteiger partial charge in [0, 0.05) is 29.7 Å². The molecule has 1 fully saturated rings. The number of hydrogen-bond donors (Lipinski definition) is 2. The van der Waals surface area contributed by atoms with Crippen molar-refractivity contribution in [3.8, 4) is 0 Å². The molecule has 2 heterocycles. The third-order valence-corrected chi connectivity index (χ3v) is 6.61. The zero-order valence-electron chi connectivity index (χ0n) is 16.3. The monoisotopic (exact) mass is 475 g/mol. The highest BCUT2D eigenvalue weighted by Crippen LogP contribution is 2.31. The van der Waals surface area contributed by atoms with Crippen LogP contribution in [0.25, 0.3) is 0 Å². The topological polar surface area (TPSA) is 87.2 Å². The van der Waals surface area contributed by atoms with Gasteiger partial charge in [-0.2, -0.15) is 0 Å². The number of rotatable bonds is 4. The Morgan fingerprint density at radius 2 is 1.77 bits per heavy atom. The lowest BCUT2D eigenvalue weighted by molar-refractivity contribution is 0.102. The van der Waals surface area contributed by atoms with E-state index < -0.39 is 0 Å². The van der Waals surface area contributed by atoms with Gasteiger partial charge in [-0.3, -0.25) is 4.79 Å². The Kier molecular flexibility index (Phi) is 6.70. The van der Waals surface area contributed by atoms with Crippen LogP contribution in [0.3, 0.4) is 0 Å². The maximum absolute atomic E-state index is 12.5. The second kappa shape index (κ2) is 9.64. The molecule has 4 rings (SSSR count). The summed E-state index contributed by atoms with van der Waals surface area (Å²) in [7, 11) is 0. The van der Waals surface area contributed by atoms with E-state index in [0.29, 0.717) is 39.5 Å². The molecule has 160 valence electrons. The smallest absolute Gasteiger partial charge is 0.321 e. The Labute approximate surface area is 193 Å². The number of hydrogen-bond acceptors (Lipinski definition) is 5. The predicted octanol–water partition coefficient (Wildman–Crippen LogP) is 5.51. The number of piperidine rings is 1. The lowest BCUT2D eigenvalue weighted by Crippen LogP contribution is -2.40. The molecular weight excluding hydrogens is 457 g/mol. The summed E-state index contributed by atoms with van der Waals surface area (Å²) >= 11 is 13.3. The van der Waals surface area contributed by atoms with Gasteiger partial charge < -0.3 is 15.5 Å². The van der Waals surface area contributed by atoms with Crippen LogP contribution in [0.2, 0.25) is 10.0 Å². The van der Waals surface area contributed by atoms with E-state index in [0.717, 1.165) is 17.8 Å². The van der Waals surface area contributed by atoms with Crippen LogP contribution < -0.4 is 10.6 Å². The fraction of sp³-hybridized carbons (Fsp3) is 0.238. The number of nitrogens with one attached hydrogen (secondary N) is 2. The molecule has 0 radical (unpaired) electrons. The van der Waals surface area contributed by atoms with Gasteiger partial charge in [0.1, 0.15) is 5.01 Å². The van der Waals surface area contributed by atoms with Crippen LogP contribution in [0.5, 0.6) is 0 Å². The summed E-state index contributed by atoms with van der Waals surface area (Å²) in [6.45, 7) is 1.18. The first-order chi connectivity index (χ1) is 15.0. The van der Waals surface area contributed by atoms with Crippen molar-refractivity contribution in [1.82, 2.24) is 15.1 Å². The second-order valence-corrected chi connectivity index (χ2v) is 8.93. The van der Waals surface area contributed by atoms with Gasteiger partial charge in [0.15, 0.2) is 0 Å². The zero-order valence-corrected chi connectivity index (χ0v) is 18.7. The SMILES string of the molecule is O=C(Nc1cccc(Cl)c1)c1nnc(C2CCN(C(=O)Nc3ccccc3Cl)CC2)s1. The Balaban J connectivity index is 1.32. The van der Waals surface area contributed by atoms with Crippen molar-refractivity contribution < 1.29 is 9.59 Å². The summed E-state index contributed by atoms with van der Waals surface area (Å²) in [5.74, 6) is -0.155. The number of urea groups is 1. The Hall–Kier alpha value is -2.68. The second-order valence-electron chi connectivity index (χ2n) is 7.08. The van der Waals surface area contributed by atoms with Crippen LogP contribution in [0, 0.1) is 0 Å². The molecule has 1 aliphatic heterocycles. The van der Waals surface area contributed by atoms with Gasteiger partial charge in [0.05, 0.1) is 10.7 Å². The minimum atomic E-state index is -0.317. The highest BCUT2D eigenvalue weighted by molar-refractivity contribution is 7.13. The van der Waals surface area contributed by atoms with E-state index in [2.05, 4.69) is 20.8 Å². The third kappa shape index (κ3) is 5.33. The number of benzene rings is 2. The minimum Gasteiger partial charge on any atom is -0.324 e. The molecule has 10 heteroatoms. The van der Waals surface area contributed by atoms with Gasteiger partial charge in [0.25, 0.3) is 5.91 Å². The number of nitrogens with zero attached hydrogens (tertiary/aromatic N) is 3. The van der Waals surface area contributed by atoms with E-state index in [1.165, 1.54) is 11.3 Å². The molecule has 1 aliphatic rings. The third-order valence-electron chi connectivity index (χ3n) is 4.96. The van der Waals surface area contributed by atoms with Gasteiger partial charge in [-0.05, 0) is 43.2 Å². The fourth-order valence-corrected chi connectivity index (χ4v) is 4.61. The standard InChI is InChI=1S/C21H19Cl2N5O2S/c22-14-4-3-5-15(12-14)24-18(29)20-27-26-19(31-20)13-8-10-28(11-9-13)21(30)25-17-7-2-1-6-16(17)23/h1-7,12-13H,8-11H2,(H,24,29)(H,25,30). The van der Waals surface area contributed by atoms with Gasteiger partial charge in [-0.15, -0.1) is 10.2 Å². The van der Waals surface area contributed by atoms with E-state index in [1.54, 1.807) is 41.3 Å². The summed E-state index contributed by atoms with van der Waals surface area (Å²) in [5.41, 5.74) is 1.20. The van der Waals surface area contributed by atoms with Crippen molar-refractivity contribution in [3.63, 3.8) is 0 Å². The summed E-state index contributed by atoms with van der Waals surface area (Å²) < 4.78 is 0. The lowest BCUT2D eigenvalue weighted by atomic mass is 9.98. The summed E-state index contributed by atoms with van der Waals surface area (Å²) in [6, 6.07) is 13.9. The first-order valence-corrected chi connectivity index (χ1v) is 11.3. The van der Waals surface area contributed by atoms with E-state index in [9.17, 15) is 9.59 Å². The molecule has 31 heavy (non-hydrogen) atoms. The average molecular weight is 476 g/mol. The van der Waals surface area contributed by atoms with Crippen molar-refractivity contribution >= 4 is 57.9 Å². The summed E-state index contributed by atoms with van der Waals surface area (Å²) in [6.07, 6.45) is 1.50. The normalized spacial score (nSPS) is 14.3. The molecular formula is C21H19Cl2N5O2S. The van der Waals surface area contributed by atoms with Crippen LogP contribution in [-0.2, 0) is 0 Å². The molecule has 0 saturated carbocycles. The molecule has 7 nitrogen and oxygen atoms in total. The molecule has 1 saturated heterocycles. The number of likely N-dealkylation sites (tertiary alicyclic amines) is 1. The van der Waals surface area contributed by atoms with Crippen molar-refractivity contribution in [2.75, 3.05) is 23.7 Å². The number of para-hydroxylation sites is 1. The molecule has 2 N–H and O–H groups in total. The molecule has 0 aliphatic carbocycles. The Morgan fingerprint density at radius 1 is 1.00 bits per heavy atom. The molecule has 0 spiro atoms. The van der Waals surface area contributed by atoms with Crippen molar-refractivity contribution in [2.45, 2.75) is 18.8 Å². The van der Waals surface area contributed by atoms with Crippen LogP contribution >= 0.6 is 34.5 Å². The first kappa shape index (κ1) is 21.5. The first-order valence-electron chi connectivity index (χ1n) is 9.70. The molecule has 1 aromatic heterocycles. The van der Waals surface area contributed by atoms with Crippen molar-refractivity contribution in [3.05, 3.63) is 68.6 Å². The zero-order chi connectivity index (χ0) is 21.8. The van der Waals surface area contributed by atoms with Crippen LogP contribution in [0.15, 0.2) is 48.5 Å². The molecule has 3 aromatic rings. The number of carbonyl (C=O) groups is 2. The predicted molar refractivity (Wildman–Crippen MR) is 123 cm³/mol. The van der Waals surface area contributed by atoms with Gasteiger partial charge >= 0.3 is 6.03 Å². The Morgan fingerprint density at radius 3 is 2.52 bits per heavy atom. The average Bonchev–Trinajstić information content (AvgIpc) is 3.26. The number of carbonyl (C=O) groups excluding carboxylic acids is 2. The molecule has 0 bridgehead atoms. The maximum Gasteiger partial charge on any atom is 0.321 e.